The molecule has 2 aromatic carbocycles. The molecule has 3 aliphatic rings. The summed E-state index contributed by atoms with van der Waals surface area (Å²) in [5.74, 6) is 3.56. The summed E-state index contributed by atoms with van der Waals surface area (Å²) < 4.78 is 6.05. The molecule has 1 unspecified atom stereocenters. The maximum atomic E-state index is 12.6. The Kier molecular flexibility index (Phi) is 9.07. The van der Waals surface area contributed by atoms with Crippen LogP contribution in [0.3, 0.4) is 0 Å². The third-order valence-electron chi connectivity index (χ3n) is 8.45. The summed E-state index contributed by atoms with van der Waals surface area (Å²) in [6.45, 7) is 11.1. The molecule has 0 bridgehead atoms. The normalized spacial score (nSPS) is 19.5. The number of benzene rings is 2. The molecule has 0 saturated carbocycles. The van der Waals surface area contributed by atoms with Gasteiger partial charge in [-0.1, -0.05) is 23.7 Å². The van der Waals surface area contributed by atoms with Gasteiger partial charge in [0.2, 0.25) is 5.91 Å². The van der Waals surface area contributed by atoms with E-state index >= 15 is 0 Å². The van der Waals surface area contributed by atoms with E-state index in [1.165, 1.54) is 0 Å². The number of carbonyl (C=O) groups excluding carboxylic acids is 1. The van der Waals surface area contributed by atoms with Crippen molar-refractivity contribution in [3.05, 3.63) is 71.1 Å². The van der Waals surface area contributed by atoms with E-state index in [2.05, 4.69) is 31.1 Å². The molecule has 3 aromatic rings. The molecular formula is C32H40ClN7O2. The largest absolute Gasteiger partial charge is 0.457 e. The maximum Gasteiger partial charge on any atom is 0.236 e. The van der Waals surface area contributed by atoms with Gasteiger partial charge in [0, 0.05) is 87.4 Å². The van der Waals surface area contributed by atoms with Crippen molar-refractivity contribution in [1.29, 1.82) is 0 Å². The van der Waals surface area contributed by atoms with Crippen molar-refractivity contribution in [1.82, 2.24) is 24.7 Å². The number of piperazine rings is 1. The van der Waals surface area contributed by atoms with Crippen molar-refractivity contribution in [2.75, 3.05) is 75.7 Å². The van der Waals surface area contributed by atoms with Gasteiger partial charge in [-0.25, -0.2) is 9.97 Å². The molecule has 1 N–H and O–H groups in total. The second kappa shape index (κ2) is 13.3. The number of aryl methyl sites for hydroxylation is 1. The standard InChI is InChI=1S/C32H40ClN7O2/c1-24-34-22-29-30(36-26-7-5-9-28(21-26)42-27-8-4-6-25(33)20-27)10-13-40(32(29)35-24)19-18-37-14-16-38(17-15-37)23-31(41)39-11-2-3-12-39/h4-9,20-22,30,36H,2-3,10-19,23H2,1H3. The van der Waals surface area contributed by atoms with Crippen molar-refractivity contribution in [2.24, 2.45) is 0 Å². The molecule has 4 heterocycles. The van der Waals surface area contributed by atoms with Crippen LogP contribution in [-0.2, 0) is 4.79 Å². The summed E-state index contributed by atoms with van der Waals surface area (Å²) in [6.07, 6.45) is 5.22. The highest BCUT2D eigenvalue weighted by Crippen LogP contribution is 2.35. The molecule has 3 aliphatic heterocycles. The molecule has 9 nitrogen and oxygen atoms in total. The van der Waals surface area contributed by atoms with E-state index in [-0.39, 0.29) is 6.04 Å². The van der Waals surface area contributed by atoms with Gasteiger partial charge in [-0.2, -0.15) is 0 Å². The van der Waals surface area contributed by atoms with Crippen LogP contribution < -0.4 is 15.0 Å². The first-order valence-corrected chi connectivity index (χ1v) is 15.5. The van der Waals surface area contributed by atoms with Gasteiger partial charge in [0.1, 0.15) is 23.1 Å². The summed E-state index contributed by atoms with van der Waals surface area (Å²) >= 11 is 6.13. The Morgan fingerprint density at radius 3 is 2.48 bits per heavy atom. The number of ether oxygens (including phenoxy) is 1. The van der Waals surface area contributed by atoms with E-state index in [9.17, 15) is 4.79 Å². The molecule has 2 saturated heterocycles. The smallest absolute Gasteiger partial charge is 0.236 e. The van der Waals surface area contributed by atoms with Crippen LogP contribution in [0.1, 0.15) is 36.7 Å². The monoisotopic (exact) mass is 589 g/mol. The molecule has 0 aliphatic carbocycles. The predicted octanol–water partition coefficient (Wildman–Crippen LogP) is 4.83. The number of carbonyl (C=O) groups is 1. The van der Waals surface area contributed by atoms with Crippen LogP contribution in [0, 0.1) is 6.92 Å². The first-order chi connectivity index (χ1) is 20.5. The maximum absolute atomic E-state index is 12.6. The van der Waals surface area contributed by atoms with Crippen LogP contribution in [0.5, 0.6) is 11.5 Å². The van der Waals surface area contributed by atoms with Crippen LogP contribution >= 0.6 is 11.6 Å². The molecule has 0 radical (unpaired) electrons. The number of anilines is 2. The second-order valence-corrected chi connectivity index (χ2v) is 11.9. The number of aromatic nitrogens is 2. The number of rotatable bonds is 9. The molecule has 1 amide bonds. The van der Waals surface area contributed by atoms with Gasteiger partial charge in [-0.05, 0) is 56.5 Å². The van der Waals surface area contributed by atoms with Gasteiger partial charge in [-0.15, -0.1) is 0 Å². The average Bonchev–Trinajstić information content (AvgIpc) is 3.53. The molecule has 1 aromatic heterocycles. The van der Waals surface area contributed by atoms with Crippen LogP contribution in [0.4, 0.5) is 11.5 Å². The Bertz CT molecular complexity index is 1370. The molecular weight excluding hydrogens is 550 g/mol. The average molecular weight is 590 g/mol. The number of halogens is 1. The third kappa shape index (κ3) is 7.14. The highest BCUT2D eigenvalue weighted by atomic mass is 35.5. The Morgan fingerprint density at radius 2 is 1.69 bits per heavy atom. The van der Waals surface area contributed by atoms with Crippen molar-refractivity contribution in [3.63, 3.8) is 0 Å². The lowest BCUT2D eigenvalue weighted by atomic mass is 10.00. The summed E-state index contributed by atoms with van der Waals surface area (Å²) in [5, 5.41) is 4.35. The second-order valence-electron chi connectivity index (χ2n) is 11.5. The molecule has 1 atom stereocenters. The molecule has 10 heteroatoms. The minimum atomic E-state index is 0.106. The van der Waals surface area contributed by atoms with E-state index in [0.29, 0.717) is 23.2 Å². The fourth-order valence-corrected chi connectivity index (χ4v) is 6.27. The van der Waals surface area contributed by atoms with Gasteiger partial charge in [0.15, 0.2) is 0 Å². The Hall–Kier alpha value is -3.40. The van der Waals surface area contributed by atoms with Crippen LogP contribution in [0.2, 0.25) is 5.02 Å². The zero-order valence-corrected chi connectivity index (χ0v) is 25.1. The zero-order chi connectivity index (χ0) is 28.9. The van der Waals surface area contributed by atoms with Crippen molar-refractivity contribution in [3.8, 4) is 11.5 Å². The van der Waals surface area contributed by atoms with Crippen molar-refractivity contribution in [2.45, 2.75) is 32.2 Å². The number of fused-ring (bicyclic) bond motifs is 1. The van der Waals surface area contributed by atoms with E-state index in [1.54, 1.807) is 0 Å². The van der Waals surface area contributed by atoms with E-state index in [0.717, 1.165) is 107 Å². The zero-order valence-electron chi connectivity index (χ0n) is 24.3. The van der Waals surface area contributed by atoms with Crippen LogP contribution in [0.15, 0.2) is 54.7 Å². The van der Waals surface area contributed by atoms with E-state index < -0.39 is 0 Å². The number of nitrogens with one attached hydrogen (secondary N) is 1. The predicted molar refractivity (Wildman–Crippen MR) is 167 cm³/mol. The van der Waals surface area contributed by atoms with Gasteiger partial charge < -0.3 is 19.9 Å². The summed E-state index contributed by atoms with van der Waals surface area (Å²) in [5.41, 5.74) is 2.11. The summed E-state index contributed by atoms with van der Waals surface area (Å²) in [4.78, 5) is 31.2. The molecule has 6 rings (SSSR count). The van der Waals surface area contributed by atoms with Crippen LogP contribution in [0.25, 0.3) is 0 Å². The molecule has 2 fully saturated rings. The Morgan fingerprint density at radius 1 is 0.952 bits per heavy atom. The number of hydrogen-bond donors (Lipinski definition) is 1. The lowest BCUT2D eigenvalue weighted by Gasteiger charge is -2.38. The van der Waals surface area contributed by atoms with Crippen LogP contribution in [-0.4, -0.2) is 96.0 Å². The van der Waals surface area contributed by atoms with Gasteiger partial charge in [0.25, 0.3) is 0 Å². The number of nitrogens with zero attached hydrogens (tertiary/aromatic N) is 6. The lowest BCUT2D eigenvalue weighted by molar-refractivity contribution is -0.131. The van der Waals surface area contributed by atoms with Crippen molar-refractivity contribution >= 4 is 29.0 Å². The number of likely N-dealkylation sites (tertiary alicyclic amines) is 1. The summed E-state index contributed by atoms with van der Waals surface area (Å²) in [7, 11) is 0. The van der Waals surface area contributed by atoms with Gasteiger partial charge in [-0.3, -0.25) is 14.6 Å². The highest BCUT2D eigenvalue weighted by molar-refractivity contribution is 6.30. The Balaban J connectivity index is 1.04. The lowest BCUT2D eigenvalue weighted by Crippen LogP contribution is -2.51. The Labute approximate surface area is 253 Å². The molecule has 0 spiro atoms. The number of amides is 1. The molecule has 222 valence electrons. The molecule has 42 heavy (non-hydrogen) atoms. The first-order valence-electron chi connectivity index (χ1n) is 15.1. The van der Waals surface area contributed by atoms with E-state index in [4.69, 9.17) is 21.3 Å². The third-order valence-corrected chi connectivity index (χ3v) is 8.69. The summed E-state index contributed by atoms with van der Waals surface area (Å²) in [6, 6.07) is 15.5. The van der Waals surface area contributed by atoms with E-state index in [1.807, 2.05) is 60.5 Å². The minimum absolute atomic E-state index is 0.106. The highest BCUT2D eigenvalue weighted by Gasteiger charge is 2.28. The van der Waals surface area contributed by atoms with Gasteiger partial charge in [0.05, 0.1) is 12.6 Å². The fourth-order valence-electron chi connectivity index (χ4n) is 6.09. The minimum Gasteiger partial charge on any atom is -0.457 e. The topological polar surface area (TPSA) is 77.1 Å². The fraction of sp³-hybridized carbons (Fsp3) is 0.469. The van der Waals surface area contributed by atoms with Crippen molar-refractivity contribution < 1.29 is 9.53 Å². The first kappa shape index (κ1) is 28.7. The quantitative estimate of drug-likeness (QED) is 0.380. The SMILES string of the molecule is Cc1ncc2c(n1)N(CCN1CCN(CC(=O)N3CCCC3)CC1)CCC2Nc1cccc(Oc2cccc(Cl)c2)c1. The van der Waals surface area contributed by atoms with Gasteiger partial charge >= 0.3 is 0 Å². The number of hydrogen-bond acceptors (Lipinski definition) is 8.